The molecule has 20 heavy (non-hydrogen) atoms. The zero-order valence-electron chi connectivity index (χ0n) is 12.6. The Balaban J connectivity index is 3.05. The second-order valence-electron chi connectivity index (χ2n) is 6.10. The Labute approximate surface area is 119 Å². The molecule has 0 spiro atoms. The summed E-state index contributed by atoms with van der Waals surface area (Å²) in [6, 6.07) is 2.53. The Morgan fingerprint density at radius 1 is 1.25 bits per heavy atom. The molecule has 0 heterocycles. The lowest BCUT2D eigenvalue weighted by molar-refractivity contribution is -0.119. The van der Waals surface area contributed by atoms with Crippen LogP contribution in [0.15, 0.2) is 12.1 Å². The van der Waals surface area contributed by atoms with Crippen LogP contribution in [-0.2, 0) is 4.79 Å². The maximum atomic E-state index is 12.1. The van der Waals surface area contributed by atoms with E-state index < -0.39 is 12.0 Å². The van der Waals surface area contributed by atoms with Gasteiger partial charge in [0, 0.05) is 5.69 Å². The van der Waals surface area contributed by atoms with E-state index >= 15 is 0 Å². The van der Waals surface area contributed by atoms with E-state index in [9.17, 15) is 9.59 Å². The van der Waals surface area contributed by atoms with E-state index in [1.165, 1.54) is 6.07 Å². The van der Waals surface area contributed by atoms with Crippen LogP contribution < -0.4 is 11.1 Å². The highest BCUT2D eigenvalue weighted by molar-refractivity contribution is 5.97. The lowest BCUT2D eigenvalue weighted by Crippen LogP contribution is -2.45. The zero-order chi connectivity index (χ0) is 15.7. The summed E-state index contributed by atoms with van der Waals surface area (Å²) in [5, 5.41) is 11.8. The van der Waals surface area contributed by atoms with E-state index in [4.69, 9.17) is 10.8 Å². The van der Waals surface area contributed by atoms with Crippen LogP contribution in [-0.4, -0.2) is 23.0 Å². The number of hydrogen-bond donors (Lipinski definition) is 3. The van der Waals surface area contributed by atoms with Gasteiger partial charge in [-0.3, -0.25) is 4.79 Å². The number of amides is 1. The second-order valence-corrected chi connectivity index (χ2v) is 6.10. The first-order chi connectivity index (χ1) is 9.04. The summed E-state index contributed by atoms with van der Waals surface area (Å²) in [5.41, 5.74) is 7.66. The Morgan fingerprint density at radius 2 is 1.80 bits per heavy atom. The van der Waals surface area contributed by atoms with Gasteiger partial charge in [0.2, 0.25) is 5.91 Å². The molecule has 1 aromatic rings. The average molecular weight is 278 g/mol. The summed E-state index contributed by atoms with van der Waals surface area (Å²) in [4.78, 5) is 23.2. The molecule has 0 radical (unpaired) electrons. The monoisotopic (exact) mass is 278 g/mol. The molecule has 0 aliphatic rings. The van der Waals surface area contributed by atoms with Crippen molar-refractivity contribution < 1.29 is 14.7 Å². The van der Waals surface area contributed by atoms with Gasteiger partial charge < -0.3 is 16.2 Å². The fourth-order valence-electron chi connectivity index (χ4n) is 1.77. The predicted molar refractivity (Wildman–Crippen MR) is 78.9 cm³/mol. The molecule has 5 heteroatoms. The molecule has 1 atom stereocenters. The maximum absolute atomic E-state index is 12.1. The minimum Gasteiger partial charge on any atom is -0.478 e. The third-order valence-electron chi connectivity index (χ3n) is 3.38. The van der Waals surface area contributed by atoms with Gasteiger partial charge in [-0.25, -0.2) is 4.79 Å². The number of carboxylic acids is 1. The van der Waals surface area contributed by atoms with E-state index in [0.717, 1.165) is 5.56 Å². The van der Waals surface area contributed by atoms with Crippen LogP contribution in [0.2, 0.25) is 0 Å². The van der Waals surface area contributed by atoms with Gasteiger partial charge in [0.05, 0.1) is 11.6 Å². The summed E-state index contributed by atoms with van der Waals surface area (Å²) >= 11 is 0. The molecule has 0 aliphatic carbocycles. The van der Waals surface area contributed by atoms with Gasteiger partial charge in [0.25, 0.3) is 0 Å². The molecular weight excluding hydrogens is 256 g/mol. The number of anilines is 1. The number of carbonyl (C=O) groups is 2. The second kappa shape index (κ2) is 5.63. The molecule has 4 N–H and O–H groups in total. The van der Waals surface area contributed by atoms with Crippen molar-refractivity contribution in [1.29, 1.82) is 0 Å². The molecule has 0 saturated heterocycles. The number of hydrogen-bond acceptors (Lipinski definition) is 3. The van der Waals surface area contributed by atoms with Crippen LogP contribution in [0, 0.1) is 19.3 Å². The lowest BCUT2D eigenvalue weighted by atomic mass is 9.87. The number of aromatic carboxylic acids is 1. The quantitative estimate of drug-likeness (QED) is 0.791. The number of nitrogens with two attached hydrogens (primary N) is 1. The molecule has 0 aliphatic heterocycles. The van der Waals surface area contributed by atoms with E-state index in [-0.39, 0.29) is 16.9 Å². The van der Waals surface area contributed by atoms with Gasteiger partial charge in [-0.05, 0) is 42.5 Å². The van der Waals surface area contributed by atoms with Gasteiger partial charge in [0.15, 0.2) is 0 Å². The minimum atomic E-state index is -1.01. The van der Waals surface area contributed by atoms with Crippen molar-refractivity contribution in [2.75, 3.05) is 5.32 Å². The lowest BCUT2D eigenvalue weighted by Gasteiger charge is -2.26. The van der Waals surface area contributed by atoms with E-state index in [1.807, 2.05) is 20.8 Å². The fourth-order valence-corrected chi connectivity index (χ4v) is 1.77. The molecule has 110 valence electrons. The Bertz CT molecular complexity index is 545. The maximum Gasteiger partial charge on any atom is 0.336 e. The number of carboxylic acid groups (broad SMARTS) is 1. The summed E-state index contributed by atoms with van der Waals surface area (Å²) in [6.07, 6.45) is 0. The van der Waals surface area contributed by atoms with Crippen molar-refractivity contribution >= 4 is 17.6 Å². The highest BCUT2D eigenvalue weighted by Gasteiger charge is 2.27. The molecular formula is C15H22N2O3. The van der Waals surface area contributed by atoms with Crippen LogP contribution in [0.3, 0.4) is 0 Å². The van der Waals surface area contributed by atoms with Crippen LogP contribution in [0.4, 0.5) is 5.69 Å². The molecule has 0 fully saturated rings. The van der Waals surface area contributed by atoms with Gasteiger partial charge in [-0.15, -0.1) is 0 Å². The summed E-state index contributed by atoms with van der Waals surface area (Å²) < 4.78 is 0. The normalized spacial score (nSPS) is 12.9. The fraction of sp³-hybridized carbons (Fsp3) is 0.467. The van der Waals surface area contributed by atoms with E-state index in [1.54, 1.807) is 19.9 Å². The van der Waals surface area contributed by atoms with Crippen molar-refractivity contribution in [3.8, 4) is 0 Å². The minimum absolute atomic E-state index is 0.185. The van der Waals surface area contributed by atoms with Crippen LogP contribution in [0.25, 0.3) is 0 Å². The van der Waals surface area contributed by atoms with Gasteiger partial charge in [-0.2, -0.15) is 0 Å². The van der Waals surface area contributed by atoms with Crippen molar-refractivity contribution in [3.05, 3.63) is 28.8 Å². The molecule has 0 aromatic heterocycles. The summed E-state index contributed by atoms with van der Waals surface area (Å²) in [7, 11) is 0. The SMILES string of the molecule is Cc1cc(NC(=O)C(N)C(C)(C)C)cc(C(=O)O)c1C. The molecule has 0 bridgehead atoms. The van der Waals surface area contributed by atoms with Gasteiger partial charge >= 0.3 is 5.97 Å². The van der Waals surface area contributed by atoms with Gasteiger partial charge in [-0.1, -0.05) is 20.8 Å². The predicted octanol–water partition coefficient (Wildman–Crippen LogP) is 2.31. The molecule has 5 nitrogen and oxygen atoms in total. The molecule has 1 aromatic carbocycles. The number of nitrogens with one attached hydrogen (secondary N) is 1. The van der Waals surface area contributed by atoms with Crippen molar-refractivity contribution in [1.82, 2.24) is 0 Å². The first-order valence-corrected chi connectivity index (χ1v) is 6.45. The van der Waals surface area contributed by atoms with Crippen LogP contribution in [0.5, 0.6) is 0 Å². The van der Waals surface area contributed by atoms with E-state index in [0.29, 0.717) is 11.3 Å². The largest absolute Gasteiger partial charge is 0.478 e. The van der Waals surface area contributed by atoms with E-state index in [2.05, 4.69) is 5.32 Å². The standard InChI is InChI=1S/C15H22N2O3/c1-8-6-10(7-11(9(8)2)14(19)20)17-13(18)12(16)15(3,4)5/h6-7,12H,16H2,1-5H3,(H,17,18)(H,19,20). The number of benzene rings is 1. The third kappa shape index (κ3) is 3.57. The van der Waals surface area contributed by atoms with Crippen LogP contribution >= 0.6 is 0 Å². The highest BCUT2D eigenvalue weighted by Crippen LogP contribution is 2.22. The number of aryl methyl sites for hydroxylation is 1. The first-order valence-electron chi connectivity index (χ1n) is 6.45. The highest BCUT2D eigenvalue weighted by atomic mass is 16.4. The van der Waals surface area contributed by atoms with Crippen molar-refractivity contribution in [2.24, 2.45) is 11.1 Å². The topological polar surface area (TPSA) is 92.4 Å². The van der Waals surface area contributed by atoms with Crippen molar-refractivity contribution in [3.63, 3.8) is 0 Å². The smallest absolute Gasteiger partial charge is 0.336 e. The third-order valence-corrected chi connectivity index (χ3v) is 3.38. The molecule has 1 amide bonds. The number of rotatable bonds is 3. The summed E-state index contributed by atoms with van der Waals surface area (Å²) in [5.74, 6) is -1.33. The van der Waals surface area contributed by atoms with Crippen molar-refractivity contribution in [2.45, 2.75) is 40.7 Å². The Kier molecular flexibility index (Phi) is 4.55. The first kappa shape index (κ1) is 16.2. The average Bonchev–Trinajstić information content (AvgIpc) is 2.30. The molecule has 1 rings (SSSR count). The Hall–Kier alpha value is -1.88. The number of carbonyl (C=O) groups excluding carboxylic acids is 1. The molecule has 1 unspecified atom stereocenters. The zero-order valence-corrected chi connectivity index (χ0v) is 12.6. The molecule has 0 saturated carbocycles. The summed E-state index contributed by atoms with van der Waals surface area (Å²) in [6.45, 7) is 9.17. The van der Waals surface area contributed by atoms with Crippen LogP contribution in [0.1, 0.15) is 42.3 Å². The van der Waals surface area contributed by atoms with Gasteiger partial charge in [0.1, 0.15) is 0 Å². The Morgan fingerprint density at radius 3 is 2.25 bits per heavy atom.